The molecule has 1 amide bonds. The average molecular weight is 483 g/mol. The van der Waals surface area contributed by atoms with Crippen LogP contribution in [0.15, 0.2) is 36.4 Å². The SMILES string of the molecule is COc1cc2c(cc1OC)-c1c(c(C(=O)NCCN3CCOCC3)nn1-c1cccc(Cl)c1)C2. The van der Waals surface area contributed by atoms with E-state index in [4.69, 9.17) is 30.9 Å². The molecule has 3 aromatic rings. The number of halogens is 1. The van der Waals surface area contributed by atoms with E-state index in [0.29, 0.717) is 35.2 Å². The summed E-state index contributed by atoms with van der Waals surface area (Å²) in [6.07, 6.45) is 0.581. The van der Waals surface area contributed by atoms with Gasteiger partial charge in [-0.05, 0) is 35.9 Å². The lowest BCUT2D eigenvalue weighted by atomic mass is 10.1. The van der Waals surface area contributed by atoms with E-state index in [1.807, 2.05) is 36.4 Å². The Labute approximate surface area is 203 Å². The van der Waals surface area contributed by atoms with Crippen LogP contribution in [0.3, 0.4) is 0 Å². The Balaban J connectivity index is 1.50. The number of hydrogen-bond acceptors (Lipinski definition) is 6. The van der Waals surface area contributed by atoms with E-state index in [0.717, 1.165) is 60.9 Å². The molecule has 8 nitrogen and oxygen atoms in total. The van der Waals surface area contributed by atoms with E-state index in [1.54, 1.807) is 18.9 Å². The molecule has 2 aromatic carbocycles. The predicted molar refractivity (Wildman–Crippen MR) is 130 cm³/mol. The Morgan fingerprint density at radius 3 is 2.65 bits per heavy atom. The zero-order chi connectivity index (χ0) is 23.7. The van der Waals surface area contributed by atoms with Gasteiger partial charge in [0.25, 0.3) is 5.91 Å². The number of aromatic nitrogens is 2. The van der Waals surface area contributed by atoms with E-state index in [-0.39, 0.29) is 5.91 Å². The van der Waals surface area contributed by atoms with Crippen molar-refractivity contribution in [3.63, 3.8) is 0 Å². The molecule has 0 bridgehead atoms. The maximum absolute atomic E-state index is 13.2. The number of ether oxygens (including phenoxy) is 3. The standard InChI is InChI=1S/C25H27ClN4O4/c1-32-21-13-16-12-20-23(25(31)27-6-7-29-8-10-34-11-9-29)28-30(18-5-3-4-17(26)14-18)24(20)19(16)15-22(21)33-2/h3-5,13-15H,6-12H2,1-2H3,(H,27,31). The molecule has 5 rings (SSSR count). The van der Waals surface area contributed by atoms with Crippen molar-refractivity contribution in [3.8, 4) is 28.4 Å². The molecule has 34 heavy (non-hydrogen) atoms. The fourth-order valence-electron chi connectivity index (χ4n) is 4.59. The zero-order valence-corrected chi connectivity index (χ0v) is 20.0. The molecular formula is C25H27ClN4O4. The quantitative estimate of drug-likeness (QED) is 0.436. The lowest BCUT2D eigenvalue weighted by Crippen LogP contribution is -2.41. The Bertz CT molecular complexity index is 1220. The van der Waals surface area contributed by atoms with Crippen molar-refractivity contribution in [2.45, 2.75) is 6.42 Å². The van der Waals surface area contributed by atoms with Crippen LogP contribution in [0.4, 0.5) is 0 Å². The predicted octanol–water partition coefficient (Wildman–Crippen LogP) is 3.18. The Morgan fingerprint density at radius 2 is 1.91 bits per heavy atom. The van der Waals surface area contributed by atoms with Gasteiger partial charge in [-0.1, -0.05) is 17.7 Å². The maximum atomic E-state index is 13.2. The lowest BCUT2D eigenvalue weighted by Gasteiger charge is -2.26. The molecule has 0 atom stereocenters. The largest absolute Gasteiger partial charge is 0.493 e. The number of hydrogen-bond donors (Lipinski definition) is 1. The molecule has 0 spiro atoms. The van der Waals surface area contributed by atoms with Crippen molar-refractivity contribution in [3.05, 3.63) is 58.2 Å². The monoisotopic (exact) mass is 482 g/mol. The minimum Gasteiger partial charge on any atom is -0.493 e. The van der Waals surface area contributed by atoms with Crippen LogP contribution in [0.1, 0.15) is 21.6 Å². The first-order valence-corrected chi connectivity index (χ1v) is 11.7. The molecule has 1 saturated heterocycles. The van der Waals surface area contributed by atoms with Gasteiger partial charge < -0.3 is 19.5 Å². The second-order valence-electron chi connectivity index (χ2n) is 8.32. The van der Waals surface area contributed by atoms with Gasteiger partial charge in [-0.3, -0.25) is 9.69 Å². The molecule has 0 saturated carbocycles. The van der Waals surface area contributed by atoms with Crippen molar-refractivity contribution in [1.82, 2.24) is 20.0 Å². The summed E-state index contributed by atoms with van der Waals surface area (Å²) in [6, 6.07) is 11.4. The summed E-state index contributed by atoms with van der Waals surface area (Å²) in [5, 5.41) is 8.40. The summed E-state index contributed by atoms with van der Waals surface area (Å²) < 4.78 is 18.2. The van der Waals surface area contributed by atoms with Crippen molar-refractivity contribution in [2.75, 3.05) is 53.6 Å². The zero-order valence-electron chi connectivity index (χ0n) is 19.3. The lowest BCUT2D eigenvalue weighted by molar-refractivity contribution is 0.0383. The van der Waals surface area contributed by atoms with Crippen molar-refractivity contribution >= 4 is 17.5 Å². The van der Waals surface area contributed by atoms with Crippen LogP contribution >= 0.6 is 11.6 Å². The Morgan fingerprint density at radius 1 is 1.15 bits per heavy atom. The van der Waals surface area contributed by atoms with Crippen LogP contribution < -0.4 is 14.8 Å². The first kappa shape index (κ1) is 22.7. The maximum Gasteiger partial charge on any atom is 0.272 e. The number of carbonyl (C=O) groups excluding carboxylic acids is 1. The van der Waals surface area contributed by atoms with Crippen molar-refractivity contribution < 1.29 is 19.0 Å². The van der Waals surface area contributed by atoms with E-state index in [2.05, 4.69) is 10.2 Å². The number of carbonyl (C=O) groups is 1. The highest BCUT2D eigenvalue weighted by Gasteiger charge is 2.32. The molecule has 1 fully saturated rings. The van der Waals surface area contributed by atoms with Gasteiger partial charge in [0.05, 0.1) is 38.8 Å². The first-order chi connectivity index (χ1) is 16.6. The third-order valence-corrected chi connectivity index (χ3v) is 6.54. The number of nitrogens with zero attached hydrogens (tertiary/aromatic N) is 3. The van der Waals surface area contributed by atoms with Crippen LogP contribution in [0.5, 0.6) is 11.5 Å². The molecule has 0 radical (unpaired) electrons. The highest BCUT2D eigenvalue weighted by atomic mass is 35.5. The molecular weight excluding hydrogens is 456 g/mol. The fourth-order valence-corrected chi connectivity index (χ4v) is 4.77. The van der Waals surface area contributed by atoms with Crippen LogP contribution in [-0.2, 0) is 11.2 Å². The molecule has 2 heterocycles. The number of fused-ring (bicyclic) bond motifs is 3. The van der Waals surface area contributed by atoms with Gasteiger partial charge in [-0.15, -0.1) is 0 Å². The molecule has 178 valence electrons. The Hall–Kier alpha value is -3.07. The molecule has 1 aliphatic carbocycles. The van der Waals surface area contributed by atoms with Gasteiger partial charge in [0.2, 0.25) is 0 Å². The minimum absolute atomic E-state index is 0.183. The number of morpholine rings is 1. The second-order valence-corrected chi connectivity index (χ2v) is 8.75. The van der Waals surface area contributed by atoms with Crippen LogP contribution in [0.25, 0.3) is 16.9 Å². The van der Waals surface area contributed by atoms with Gasteiger partial charge in [0.15, 0.2) is 17.2 Å². The highest BCUT2D eigenvalue weighted by molar-refractivity contribution is 6.30. The van der Waals surface area contributed by atoms with Crippen LogP contribution in [0, 0.1) is 0 Å². The topological polar surface area (TPSA) is 77.8 Å². The van der Waals surface area contributed by atoms with Crippen molar-refractivity contribution in [1.29, 1.82) is 0 Å². The summed E-state index contributed by atoms with van der Waals surface area (Å²) >= 11 is 6.27. The number of rotatable bonds is 7. The number of amides is 1. The van der Waals surface area contributed by atoms with E-state index >= 15 is 0 Å². The molecule has 9 heteroatoms. The molecule has 0 unspecified atom stereocenters. The summed E-state index contributed by atoms with van der Waals surface area (Å²) in [6.45, 7) is 4.56. The van der Waals surface area contributed by atoms with E-state index in [9.17, 15) is 4.79 Å². The number of benzene rings is 2. The van der Waals surface area contributed by atoms with Gasteiger partial charge in [-0.25, -0.2) is 4.68 Å². The Kier molecular flexibility index (Phi) is 6.45. The third-order valence-electron chi connectivity index (χ3n) is 6.30. The normalized spacial score (nSPS) is 15.0. The van der Waals surface area contributed by atoms with Gasteiger partial charge in [0, 0.05) is 48.7 Å². The smallest absolute Gasteiger partial charge is 0.272 e. The highest BCUT2D eigenvalue weighted by Crippen LogP contribution is 2.44. The summed E-state index contributed by atoms with van der Waals surface area (Å²) in [7, 11) is 3.23. The third kappa shape index (κ3) is 4.24. The summed E-state index contributed by atoms with van der Waals surface area (Å²) in [5.41, 5.74) is 4.99. The fraction of sp³-hybridized carbons (Fsp3) is 0.360. The first-order valence-electron chi connectivity index (χ1n) is 11.3. The molecule has 1 N–H and O–H groups in total. The average Bonchev–Trinajstić information content (AvgIpc) is 3.40. The van der Waals surface area contributed by atoms with Gasteiger partial charge in [-0.2, -0.15) is 5.10 Å². The van der Waals surface area contributed by atoms with Gasteiger partial charge in [0.1, 0.15) is 0 Å². The molecule has 2 aliphatic rings. The number of nitrogens with one attached hydrogen (secondary N) is 1. The second kappa shape index (κ2) is 9.66. The van der Waals surface area contributed by atoms with E-state index in [1.165, 1.54) is 0 Å². The van der Waals surface area contributed by atoms with E-state index < -0.39 is 0 Å². The van der Waals surface area contributed by atoms with Crippen LogP contribution in [-0.4, -0.2) is 74.2 Å². The molecule has 1 aliphatic heterocycles. The number of methoxy groups -OCH3 is 2. The summed E-state index contributed by atoms with van der Waals surface area (Å²) in [5.74, 6) is 1.10. The minimum atomic E-state index is -0.183. The summed E-state index contributed by atoms with van der Waals surface area (Å²) in [4.78, 5) is 15.5. The van der Waals surface area contributed by atoms with Crippen molar-refractivity contribution in [2.24, 2.45) is 0 Å². The molecule has 1 aromatic heterocycles. The van der Waals surface area contributed by atoms with Crippen LogP contribution in [0.2, 0.25) is 5.02 Å². The van der Waals surface area contributed by atoms with Gasteiger partial charge >= 0.3 is 0 Å².